The molecule has 30 heavy (non-hydrogen) atoms. The molecule has 2 amide bonds. The number of carbonyl (C=O) groups excluding carboxylic acids is 3. The first-order chi connectivity index (χ1) is 14.0. The number of nitrogens with zero attached hydrogens (tertiary/aromatic N) is 1. The molecule has 0 bridgehead atoms. The average Bonchev–Trinajstić information content (AvgIpc) is 2.67. The van der Waals surface area contributed by atoms with Gasteiger partial charge in [0.25, 0.3) is 5.91 Å². The number of ether oxygens (including phenoxy) is 2. The minimum absolute atomic E-state index is 0.0690. The lowest BCUT2D eigenvalue weighted by molar-refractivity contribution is -0.163. The van der Waals surface area contributed by atoms with Gasteiger partial charge in [0.2, 0.25) is 0 Å². The van der Waals surface area contributed by atoms with Gasteiger partial charge in [0.15, 0.2) is 12.7 Å². The number of aryl methyl sites for hydroxylation is 2. The highest BCUT2D eigenvalue weighted by Gasteiger charge is 2.34. The third-order valence-corrected chi connectivity index (χ3v) is 4.75. The van der Waals surface area contributed by atoms with Crippen LogP contribution >= 0.6 is 0 Å². The highest BCUT2D eigenvalue weighted by molar-refractivity contribution is 5.95. The largest absolute Gasteiger partial charge is 0.452 e. The SMILES string of the molecule is Cc1ccc(NC(=O)C(C)OC(=O)C2CCN(C(=O)OCC(F)(F)F)CC2)c(C)c1. The van der Waals surface area contributed by atoms with Crippen LogP contribution in [0.15, 0.2) is 18.2 Å². The molecule has 1 unspecified atom stereocenters. The Morgan fingerprint density at radius 2 is 1.83 bits per heavy atom. The maximum atomic E-state index is 12.3. The Morgan fingerprint density at radius 3 is 2.40 bits per heavy atom. The number of piperidine rings is 1. The minimum Gasteiger partial charge on any atom is -0.452 e. The maximum Gasteiger partial charge on any atom is 0.422 e. The van der Waals surface area contributed by atoms with E-state index in [-0.39, 0.29) is 25.9 Å². The molecule has 1 aliphatic heterocycles. The van der Waals surface area contributed by atoms with Gasteiger partial charge in [-0.05, 0) is 45.2 Å². The minimum atomic E-state index is -4.59. The van der Waals surface area contributed by atoms with Gasteiger partial charge in [0.1, 0.15) is 0 Å². The zero-order valence-electron chi connectivity index (χ0n) is 17.0. The van der Waals surface area contributed by atoms with E-state index in [0.29, 0.717) is 5.69 Å². The van der Waals surface area contributed by atoms with Crippen molar-refractivity contribution in [2.75, 3.05) is 25.0 Å². The van der Waals surface area contributed by atoms with Crippen molar-refractivity contribution in [2.24, 2.45) is 5.92 Å². The van der Waals surface area contributed by atoms with Crippen LogP contribution in [0.25, 0.3) is 0 Å². The monoisotopic (exact) mass is 430 g/mol. The zero-order chi connectivity index (χ0) is 22.5. The van der Waals surface area contributed by atoms with Gasteiger partial charge in [-0.3, -0.25) is 9.59 Å². The lowest BCUT2D eigenvalue weighted by Gasteiger charge is -2.30. The highest BCUT2D eigenvalue weighted by atomic mass is 19.4. The number of rotatable bonds is 5. The van der Waals surface area contributed by atoms with Crippen LogP contribution in [0.3, 0.4) is 0 Å². The fourth-order valence-electron chi connectivity index (χ4n) is 3.04. The fraction of sp³-hybridized carbons (Fsp3) is 0.550. The second kappa shape index (κ2) is 9.82. The molecule has 0 aliphatic carbocycles. The molecule has 1 fully saturated rings. The molecule has 1 aliphatic rings. The number of hydrogen-bond acceptors (Lipinski definition) is 5. The molecule has 0 spiro atoms. The predicted molar refractivity (Wildman–Crippen MR) is 102 cm³/mol. The van der Waals surface area contributed by atoms with Crippen LogP contribution in [-0.2, 0) is 19.1 Å². The third kappa shape index (κ3) is 6.93. The first kappa shape index (κ1) is 23.5. The molecule has 0 saturated carbocycles. The standard InChI is InChI=1S/C20H25F3N2O5/c1-12-4-5-16(13(2)10-12)24-17(26)14(3)30-18(27)15-6-8-25(9-7-15)19(28)29-11-20(21,22)23/h4-5,10,14-15H,6-9,11H2,1-3H3,(H,24,26). The molecular weight excluding hydrogens is 405 g/mol. The van der Waals surface area contributed by atoms with Crippen LogP contribution in [0.1, 0.15) is 30.9 Å². The molecule has 1 aromatic carbocycles. The first-order valence-corrected chi connectivity index (χ1v) is 9.53. The van der Waals surface area contributed by atoms with E-state index in [9.17, 15) is 27.6 Å². The molecule has 166 valence electrons. The molecule has 10 heteroatoms. The molecule has 7 nitrogen and oxygen atoms in total. The summed E-state index contributed by atoms with van der Waals surface area (Å²) in [6, 6.07) is 5.54. The maximum absolute atomic E-state index is 12.3. The summed E-state index contributed by atoms with van der Waals surface area (Å²) in [6.07, 6.45) is -6.25. The van der Waals surface area contributed by atoms with E-state index in [0.717, 1.165) is 16.0 Å². The van der Waals surface area contributed by atoms with E-state index in [1.165, 1.54) is 6.92 Å². The van der Waals surface area contributed by atoms with E-state index >= 15 is 0 Å². The number of alkyl halides is 3. The molecule has 1 aromatic rings. The Bertz CT molecular complexity index is 789. The summed E-state index contributed by atoms with van der Waals surface area (Å²) in [5.74, 6) is -1.60. The molecule has 1 heterocycles. The number of halogens is 3. The van der Waals surface area contributed by atoms with Crippen LogP contribution in [0.2, 0.25) is 0 Å². The van der Waals surface area contributed by atoms with Crippen molar-refractivity contribution in [2.45, 2.75) is 45.9 Å². The Balaban J connectivity index is 1.79. The lowest BCUT2D eigenvalue weighted by atomic mass is 9.97. The summed E-state index contributed by atoms with van der Waals surface area (Å²) in [4.78, 5) is 37.4. The van der Waals surface area contributed by atoms with Crippen LogP contribution < -0.4 is 5.32 Å². The third-order valence-electron chi connectivity index (χ3n) is 4.75. The van der Waals surface area contributed by atoms with Crippen molar-refractivity contribution in [1.29, 1.82) is 0 Å². The number of esters is 1. The van der Waals surface area contributed by atoms with Crippen molar-refractivity contribution in [3.63, 3.8) is 0 Å². The number of nitrogens with one attached hydrogen (secondary N) is 1. The molecule has 2 rings (SSSR count). The van der Waals surface area contributed by atoms with Crippen LogP contribution in [0, 0.1) is 19.8 Å². The summed E-state index contributed by atoms with van der Waals surface area (Å²) in [6.45, 7) is 3.73. The van der Waals surface area contributed by atoms with Crippen molar-refractivity contribution in [1.82, 2.24) is 4.90 Å². The summed E-state index contributed by atoms with van der Waals surface area (Å²) < 4.78 is 45.8. The van der Waals surface area contributed by atoms with E-state index in [4.69, 9.17) is 4.74 Å². The van der Waals surface area contributed by atoms with Crippen molar-refractivity contribution < 1.29 is 37.0 Å². The number of benzene rings is 1. The van der Waals surface area contributed by atoms with Gasteiger partial charge in [0, 0.05) is 18.8 Å². The normalized spacial score (nSPS) is 16.0. The molecule has 0 radical (unpaired) electrons. The zero-order valence-corrected chi connectivity index (χ0v) is 17.0. The predicted octanol–water partition coefficient (Wildman–Crippen LogP) is 3.58. The summed E-state index contributed by atoms with van der Waals surface area (Å²) >= 11 is 0. The number of carbonyl (C=O) groups is 3. The van der Waals surface area contributed by atoms with Gasteiger partial charge >= 0.3 is 18.2 Å². The quantitative estimate of drug-likeness (QED) is 0.722. The van der Waals surface area contributed by atoms with Gasteiger partial charge in [0.05, 0.1) is 5.92 Å². The van der Waals surface area contributed by atoms with Gasteiger partial charge in [-0.15, -0.1) is 0 Å². The van der Waals surface area contributed by atoms with Crippen LogP contribution in [-0.4, -0.2) is 54.8 Å². The molecule has 1 saturated heterocycles. The van der Waals surface area contributed by atoms with Crippen LogP contribution in [0.5, 0.6) is 0 Å². The Hall–Kier alpha value is -2.78. The highest BCUT2D eigenvalue weighted by Crippen LogP contribution is 2.22. The van der Waals surface area contributed by atoms with Gasteiger partial charge in [-0.1, -0.05) is 17.7 Å². The Morgan fingerprint density at radius 1 is 1.20 bits per heavy atom. The molecular formula is C20H25F3N2O5. The summed E-state index contributed by atoms with van der Waals surface area (Å²) in [5, 5.41) is 2.72. The van der Waals surface area contributed by atoms with E-state index < -0.39 is 42.8 Å². The van der Waals surface area contributed by atoms with Crippen molar-refractivity contribution in [3.8, 4) is 0 Å². The molecule has 0 aromatic heterocycles. The number of anilines is 1. The lowest BCUT2D eigenvalue weighted by Crippen LogP contribution is -2.42. The Labute approximate surface area is 172 Å². The Kier molecular flexibility index (Phi) is 7.69. The molecule has 1 atom stereocenters. The van der Waals surface area contributed by atoms with Gasteiger partial charge < -0.3 is 19.7 Å². The first-order valence-electron chi connectivity index (χ1n) is 9.53. The topological polar surface area (TPSA) is 84.9 Å². The van der Waals surface area contributed by atoms with Crippen molar-refractivity contribution in [3.05, 3.63) is 29.3 Å². The average molecular weight is 430 g/mol. The number of likely N-dealkylation sites (tertiary alicyclic amines) is 1. The number of hydrogen-bond donors (Lipinski definition) is 1. The van der Waals surface area contributed by atoms with Crippen molar-refractivity contribution >= 4 is 23.7 Å². The second-order valence-electron chi connectivity index (χ2n) is 7.32. The van der Waals surface area contributed by atoms with Gasteiger partial charge in [-0.25, -0.2) is 4.79 Å². The van der Waals surface area contributed by atoms with Gasteiger partial charge in [-0.2, -0.15) is 13.2 Å². The van der Waals surface area contributed by atoms with Crippen LogP contribution in [0.4, 0.5) is 23.7 Å². The van der Waals surface area contributed by atoms with E-state index in [1.54, 1.807) is 6.07 Å². The van der Waals surface area contributed by atoms with E-state index in [2.05, 4.69) is 10.1 Å². The smallest absolute Gasteiger partial charge is 0.422 e. The fourth-order valence-corrected chi connectivity index (χ4v) is 3.04. The number of amides is 2. The summed E-state index contributed by atoms with van der Waals surface area (Å²) in [5.41, 5.74) is 2.56. The second-order valence-corrected chi connectivity index (χ2v) is 7.32. The van der Waals surface area contributed by atoms with E-state index in [1.807, 2.05) is 26.0 Å². The molecule has 1 N–H and O–H groups in total. The summed E-state index contributed by atoms with van der Waals surface area (Å²) in [7, 11) is 0.